The van der Waals surface area contributed by atoms with E-state index in [1.165, 1.54) is 5.56 Å². The monoisotopic (exact) mass is 366 g/mol. The molecule has 0 radical (unpaired) electrons. The summed E-state index contributed by atoms with van der Waals surface area (Å²) in [4.78, 5) is 11.9. The summed E-state index contributed by atoms with van der Waals surface area (Å²) in [6.07, 6.45) is 0.983. The van der Waals surface area contributed by atoms with Crippen LogP contribution in [-0.4, -0.2) is 30.9 Å². The van der Waals surface area contributed by atoms with Crippen LogP contribution in [0.3, 0.4) is 0 Å². The molecule has 0 unspecified atom stereocenters. The van der Waals surface area contributed by atoms with E-state index in [9.17, 15) is 4.79 Å². The molecule has 2 aromatic carbocycles. The number of aryl methyl sites for hydroxylation is 1. The second kappa shape index (κ2) is 9.54. The van der Waals surface area contributed by atoms with Crippen LogP contribution in [0.4, 0.5) is 5.88 Å². The zero-order valence-electron chi connectivity index (χ0n) is 15.2. The van der Waals surface area contributed by atoms with E-state index in [0.717, 1.165) is 17.7 Å². The van der Waals surface area contributed by atoms with E-state index in [2.05, 4.69) is 17.4 Å². The first-order chi connectivity index (χ1) is 13.2. The summed E-state index contributed by atoms with van der Waals surface area (Å²) in [6, 6.07) is 19.2. The van der Waals surface area contributed by atoms with Gasteiger partial charge in [0.05, 0.1) is 6.61 Å². The number of carbonyl (C=O) groups excluding carboxylic acids is 1. The molecule has 0 spiro atoms. The van der Waals surface area contributed by atoms with Crippen molar-refractivity contribution >= 4 is 11.8 Å². The summed E-state index contributed by atoms with van der Waals surface area (Å²) in [7, 11) is 0. The van der Waals surface area contributed by atoms with Gasteiger partial charge in [0, 0.05) is 11.6 Å². The Morgan fingerprint density at radius 1 is 1.07 bits per heavy atom. The third kappa shape index (κ3) is 5.69. The first kappa shape index (κ1) is 18.7. The van der Waals surface area contributed by atoms with E-state index in [4.69, 9.17) is 14.0 Å². The fourth-order valence-electron chi connectivity index (χ4n) is 2.45. The van der Waals surface area contributed by atoms with Crippen molar-refractivity contribution in [2.75, 3.05) is 25.1 Å². The highest BCUT2D eigenvalue weighted by Crippen LogP contribution is 2.22. The molecular formula is C21H22N2O4. The van der Waals surface area contributed by atoms with Crippen molar-refractivity contribution in [1.29, 1.82) is 0 Å². The van der Waals surface area contributed by atoms with Gasteiger partial charge in [-0.1, -0.05) is 54.5 Å². The molecule has 3 rings (SSSR count). The third-order valence-corrected chi connectivity index (χ3v) is 3.90. The predicted octanol–water partition coefficient (Wildman–Crippen LogP) is 3.94. The highest BCUT2D eigenvalue weighted by atomic mass is 16.5. The molecule has 0 saturated carbocycles. The lowest BCUT2D eigenvalue weighted by molar-refractivity contribution is -0.120. The molecule has 1 amide bonds. The van der Waals surface area contributed by atoms with Gasteiger partial charge in [-0.2, -0.15) is 0 Å². The maximum atomic E-state index is 11.9. The number of benzene rings is 2. The van der Waals surface area contributed by atoms with Crippen LogP contribution >= 0.6 is 0 Å². The number of ether oxygens (including phenoxy) is 2. The summed E-state index contributed by atoms with van der Waals surface area (Å²) in [5, 5.41) is 6.62. The number of aromatic nitrogens is 1. The number of nitrogens with zero attached hydrogens (tertiary/aromatic N) is 1. The van der Waals surface area contributed by atoms with Gasteiger partial charge >= 0.3 is 0 Å². The van der Waals surface area contributed by atoms with Crippen molar-refractivity contribution in [3.8, 4) is 17.0 Å². The minimum Gasteiger partial charge on any atom is -0.491 e. The zero-order valence-corrected chi connectivity index (χ0v) is 15.2. The van der Waals surface area contributed by atoms with Gasteiger partial charge in [0.1, 0.15) is 24.7 Å². The number of hydrogen-bond acceptors (Lipinski definition) is 5. The van der Waals surface area contributed by atoms with Gasteiger partial charge in [0.15, 0.2) is 0 Å². The SMILES string of the molecule is CCc1ccc(-c2cc(NC(=O)COCCOc3ccccc3)on2)cc1. The molecular weight excluding hydrogens is 344 g/mol. The van der Waals surface area contributed by atoms with Gasteiger partial charge in [-0.05, 0) is 24.1 Å². The van der Waals surface area contributed by atoms with Gasteiger partial charge in [0.2, 0.25) is 5.88 Å². The normalized spacial score (nSPS) is 10.6. The number of amides is 1. The molecule has 0 atom stereocenters. The van der Waals surface area contributed by atoms with Gasteiger partial charge in [-0.15, -0.1) is 0 Å². The molecule has 6 heteroatoms. The highest BCUT2D eigenvalue weighted by Gasteiger charge is 2.10. The van der Waals surface area contributed by atoms with Crippen molar-refractivity contribution in [3.63, 3.8) is 0 Å². The standard InChI is InChI=1S/C21H22N2O4/c1-2-16-8-10-17(11-9-16)19-14-21(27-23-19)22-20(24)15-25-12-13-26-18-6-4-3-5-7-18/h3-11,14H,2,12-13,15H2,1H3,(H,22,24). The quantitative estimate of drug-likeness (QED) is 0.581. The lowest BCUT2D eigenvalue weighted by Crippen LogP contribution is -2.19. The van der Waals surface area contributed by atoms with E-state index in [-0.39, 0.29) is 12.5 Å². The van der Waals surface area contributed by atoms with E-state index in [0.29, 0.717) is 24.8 Å². The van der Waals surface area contributed by atoms with Crippen LogP contribution in [0.2, 0.25) is 0 Å². The van der Waals surface area contributed by atoms with Crippen molar-refractivity contribution in [2.24, 2.45) is 0 Å². The van der Waals surface area contributed by atoms with Crippen LogP contribution in [0, 0.1) is 0 Å². The van der Waals surface area contributed by atoms with Gasteiger partial charge < -0.3 is 14.0 Å². The Balaban J connectivity index is 1.40. The number of para-hydroxylation sites is 1. The number of rotatable bonds is 9. The minimum absolute atomic E-state index is 0.0839. The molecule has 140 valence electrons. The van der Waals surface area contributed by atoms with Crippen LogP contribution in [0.1, 0.15) is 12.5 Å². The molecule has 0 saturated heterocycles. The molecule has 1 N–H and O–H groups in total. The Morgan fingerprint density at radius 2 is 1.85 bits per heavy atom. The number of anilines is 1. The Morgan fingerprint density at radius 3 is 2.59 bits per heavy atom. The van der Waals surface area contributed by atoms with E-state index in [1.54, 1.807) is 6.07 Å². The Kier molecular flexibility index (Phi) is 6.60. The summed E-state index contributed by atoms with van der Waals surface area (Å²) >= 11 is 0. The minimum atomic E-state index is -0.307. The number of nitrogens with one attached hydrogen (secondary N) is 1. The molecule has 1 heterocycles. The smallest absolute Gasteiger partial charge is 0.252 e. The molecule has 3 aromatic rings. The fourth-order valence-corrected chi connectivity index (χ4v) is 2.45. The largest absolute Gasteiger partial charge is 0.491 e. The van der Waals surface area contributed by atoms with Gasteiger partial charge in [-0.25, -0.2) is 0 Å². The molecule has 0 aliphatic carbocycles. The van der Waals surface area contributed by atoms with Crippen molar-refractivity contribution in [1.82, 2.24) is 5.16 Å². The van der Waals surface area contributed by atoms with E-state index < -0.39 is 0 Å². The molecule has 1 aromatic heterocycles. The summed E-state index contributed by atoms with van der Waals surface area (Å²) < 4.78 is 16.0. The third-order valence-electron chi connectivity index (χ3n) is 3.90. The van der Waals surface area contributed by atoms with E-state index in [1.807, 2.05) is 54.6 Å². The highest BCUT2D eigenvalue weighted by molar-refractivity contribution is 5.90. The second-order valence-corrected chi connectivity index (χ2v) is 5.89. The zero-order chi connectivity index (χ0) is 18.9. The second-order valence-electron chi connectivity index (χ2n) is 5.89. The first-order valence-corrected chi connectivity index (χ1v) is 8.86. The summed E-state index contributed by atoms with van der Waals surface area (Å²) in [6.45, 7) is 2.71. The molecule has 27 heavy (non-hydrogen) atoms. The topological polar surface area (TPSA) is 73.6 Å². The Labute approximate surface area is 158 Å². The van der Waals surface area contributed by atoms with Crippen LogP contribution in [0.25, 0.3) is 11.3 Å². The van der Waals surface area contributed by atoms with E-state index >= 15 is 0 Å². The summed E-state index contributed by atoms with van der Waals surface area (Å²) in [5.74, 6) is 0.754. The van der Waals surface area contributed by atoms with Crippen LogP contribution in [0.15, 0.2) is 65.2 Å². The fraction of sp³-hybridized carbons (Fsp3) is 0.238. The molecule has 6 nitrogen and oxygen atoms in total. The molecule has 0 aliphatic heterocycles. The molecule has 0 aliphatic rings. The van der Waals surface area contributed by atoms with Crippen molar-refractivity contribution < 1.29 is 18.8 Å². The van der Waals surface area contributed by atoms with Gasteiger partial charge in [-0.3, -0.25) is 10.1 Å². The maximum Gasteiger partial charge on any atom is 0.252 e. The number of hydrogen-bond donors (Lipinski definition) is 1. The lowest BCUT2D eigenvalue weighted by Gasteiger charge is -2.06. The summed E-state index contributed by atoms with van der Waals surface area (Å²) in [5.41, 5.74) is 2.86. The number of carbonyl (C=O) groups is 1. The average Bonchev–Trinajstić information content (AvgIpc) is 3.17. The van der Waals surface area contributed by atoms with Crippen molar-refractivity contribution in [3.05, 3.63) is 66.2 Å². The predicted molar refractivity (Wildman–Crippen MR) is 103 cm³/mol. The maximum absolute atomic E-state index is 11.9. The van der Waals surface area contributed by atoms with Crippen LogP contribution < -0.4 is 10.1 Å². The first-order valence-electron chi connectivity index (χ1n) is 8.86. The van der Waals surface area contributed by atoms with Crippen LogP contribution in [0.5, 0.6) is 5.75 Å². The van der Waals surface area contributed by atoms with Gasteiger partial charge in [0.25, 0.3) is 5.91 Å². The average molecular weight is 366 g/mol. The molecule has 0 fully saturated rings. The molecule has 0 bridgehead atoms. The van der Waals surface area contributed by atoms with Crippen LogP contribution in [-0.2, 0) is 16.0 Å². The Hall–Kier alpha value is -3.12. The lowest BCUT2D eigenvalue weighted by atomic mass is 10.1. The Bertz CT molecular complexity index is 844. The van der Waals surface area contributed by atoms with Crippen molar-refractivity contribution in [2.45, 2.75) is 13.3 Å².